The van der Waals surface area contributed by atoms with E-state index in [0.717, 1.165) is 24.2 Å². The van der Waals surface area contributed by atoms with Gasteiger partial charge in [-0.05, 0) is 61.4 Å². The van der Waals surface area contributed by atoms with E-state index >= 15 is 0 Å². The largest absolute Gasteiger partial charge is 0.416 e. The molecule has 1 unspecified atom stereocenters. The van der Waals surface area contributed by atoms with Gasteiger partial charge in [0.1, 0.15) is 23.5 Å². The van der Waals surface area contributed by atoms with Crippen LogP contribution in [0.1, 0.15) is 29.9 Å². The number of halogens is 3. The van der Waals surface area contributed by atoms with Crippen molar-refractivity contribution in [2.75, 3.05) is 22.0 Å². The molecule has 11 nitrogen and oxygen atoms in total. The predicted octanol–water partition coefficient (Wildman–Crippen LogP) is 4.40. The molecule has 0 aliphatic carbocycles. The van der Waals surface area contributed by atoms with Crippen LogP contribution in [-0.2, 0) is 16.2 Å². The van der Waals surface area contributed by atoms with Crippen molar-refractivity contribution in [2.45, 2.75) is 26.1 Å². The number of aryl methyl sites for hydroxylation is 1. The second kappa shape index (κ2) is 10.5. The topological polar surface area (TPSA) is 149 Å². The Kier molecular flexibility index (Phi) is 7.14. The Balaban J connectivity index is 1.66. The van der Waals surface area contributed by atoms with E-state index < -0.39 is 27.8 Å². The van der Waals surface area contributed by atoms with E-state index in [0.29, 0.717) is 17.3 Å². The lowest BCUT2D eigenvalue weighted by molar-refractivity contribution is -0.137. The monoisotopic (exact) mass is 598 g/mol. The summed E-state index contributed by atoms with van der Waals surface area (Å²) in [5, 5.41) is 7.79. The first kappa shape index (κ1) is 28.6. The summed E-state index contributed by atoms with van der Waals surface area (Å²) in [6.45, 7) is 3.50. The number of hydrogen-bond acceptors (Lipinski definition) is 8. The fourth-order valence-corrected chi connectivity index (χ4v) is 5.16. The maximum absolute atomic E-state index is 13.8. The molecule has 3 heterocycles. The zero-order chi connectivity index (χ0) is 30.4. The number of nitrogens with two attached hydrogens (primary N) is 1. The fourth-order valence-electron chi connectivity index (χ4n) is 4.61. The SMILES string of the molecule is Cc1ccn2nc(C(C)Nc3ncnc(N)c3-c3cc(NS(C)(=O)=O)cc(C(F)(F)F)c3)n(-c3ccccc3)c(=O)c12. The standard InChI is InChI=1S/C27H25F3N8O3S/c1-15-9-10-37-22(15)26(39)38(20-7-5-4-6-8-20)25(35-37)16(2)34-24-21(23(31)32-14-33-24)17-11-18(27(28,29)30)13-19(12-17)36-42(3,40)41/h4-14,16,36H,1-3H3,(H3,31,32,33,34). The quantitative estimate of drug-likeness (QED) is 0.250. The molecule has 0 spiro atoms. The number of sulfonamides is 1. The third kappa shape index (κ3) is 5.63. The lowest BCUT2D eigenvalue weighted by atomic mass is 10.0. The minimum Gasteiger partial charge on any atom is -0.383 e. The third-order valence-corrected chi connectivity index (χ3v) is 7.00. The first-order valence-electron chi connectivity index (χ1n) is 12.5. The Morgan fingerprint density at radius 1 is 1.05 bits per heavy atom. The minimum atomic E-state index is -4.80. The van der Waals surface area contributed by atoms with Gasteiger partial charge in [-0.15, -0.1) is 0 Å². The highest BCUT2D eigenvalue weighted by Crippen LogP contribution is 2.39. The van der Waals surface area contributed by atoms with Gasteiger partial charge in [-0.3, -0.25) is 14.1 Å². The van der Waals surface area contributed by atoms with E-state index in [1.54, 1.807) is 50.4 Å². The van der Waals surface area contributed by atoms with Gasteiger partial charge >= 0.3 is 6.18 Å². The van der Waals surface area contributed by atoms with Crippen molar-refractivity contribution in [3.63, 3.8) is 0 Å². The Labute approximate surface area is 237 Å². The van der Waals surface area contributed by atoms with Crippen LogP contribution in [0.2, 0.25) is 0 Å². The number of hydrogen-bond donors (Lipinski definition) is 3. The van der Waals surface area contributed by atoms with Crippen molar-refractivity contribution in [3.8, 4) is 16.8 Å². The van der Waals surface area contributed by atoms with Gasteiger partial charge in [0, 0.05) is 11.9 Å². The van der Waals surface area contributed by atoms with Crippen LogP contribution in [0.4, 0.5) is 30.5 Å². The highest BCUT2D eigenvalue weighted by atomic mass is 32.2. The molecule has 0 bridgehead atoms. The molecule has 0 saturated heterocycles. The summed E-state index contributed by atoms with van der Waals surface area (Å²) in [7, 11) is -3.90. The van der Waals surface area contributed by atoms with Gasteiger partial charge in [0.2, 0.25) is 10.0 Å². The molecule has 15 heteroatoms. The smallest absolute Gasteiger partial charge is 0.383 e. The van der Waals surface area contributed by atoms with Gasteiger partial charge in [0.05, 0.1) is 29.1 Å². The van der Waals surface area contributed by atoms with Crippen LogP contribution in [-0.4, -0.2) is 38.8 Å². The molecule has 42 heavy (non-hydrogen) atoms. The third-order valence-electron chi connectivity index (χ3n) is 6.40. The van der Waals surface area contributed by atoms with Gasteiger partial charge in [-0.1, -0.05) is 18.2 Å². The molecular formula is C27H25F3N8O3S. The number of anilines is 3. The fraction of sp³-hybridized carbons (Fsp3) is 0.185. The van der Waals surface area contributed by atoms with Gasteiger partial charge in [0.25, 0.3) is 5.56 Å². The number of alkyl halides is 3. The molecule has 1 atom stereocenters. The second-order valence-corrected chi connectivity index (χ2v) is 11.4. The average Bonchev–Trinajstić information content (AvgIpc) is 3.28. The van der Waals surface area contributed by atoms with Gasteiger partial charge in [-0.2, -0.15) is 18.3 Å². The van der Waals surface area contributed by atoms with Crippen LogP contribution in [0.15, 0.2) is 71.9 Å². The lowest BCUT2D eigenvalue weighted by Gasteiger charge is -2.22. The predicted molar refractivity (Wildman–Crippen MR) is 153 cm³/mol. The number of fused-ring (bicyclic) bond motifs is 1. The highest BCUT2D eigenvalue weighted by Gasteiger charge is 2.32. The number of rotatable bonds is 7. The van der Waals surface area contributed by atoms with Gasteiger partial charge < -0.3 is 11.1 Å². The molecule has 0 aliphatic rings. The maximum atomic E-state index is 13.8. The molecule has 0 radical (unpaired) electrons. The summed E-state index contributed by atoms with van der Waals surface area (Å²) in [5.41, 5.74) is 5.97. The van der Waals surface area contributed by atoms with E-state index in [2.05, 4.69) is 25.1 Å². The first-order chi connectivity index (χ1) is 19.7. The number of para-hydroxylation sites is 1. The van der Waals surface area contributed by atoms with Gasteiger partial charge in [0.15, 0.2) is 5.82 Å². The second-order valence-electron chi connectivity index (χ2n) is 9.65. The molecule has 5 aromatic rings. The lowest BCUT2D eigenvalue weighted by Crippen LogP contribution is -2.29. The number of nitrogen functional groups attached to an aromatic ring is 1. The maximum Gasteiger partial charge on any atom is 0.416 e. The molecule has 3 aromatic heterocycles. The summed E-state index contributed by atoms with van der Waals surface area (Å²) in [4.78, 5) is 21.9. The van der Waals surface area contributed by atoms with Crippen molar-refractivity contribution in [1.82, 2.24) is 24.1 Å². The summed E-state index contributed by atoms with van der Waals surface area (Å²) in [6, 6.07) is 12.6. The van der Waals surface area contributed by atoms with Crippen LogP contribution >= 0.6 is 0 Å². The number of aromatic nitrogens is 5. The van der Waals surface area contributed by atoms with Crippen molar-refractivity contribution < 1.29 is 21.6 Å². The number of nitrogens with one attached hydrogen (secondary N) is 2. The zero-order valence-corrected chi connectivity index (χ0v) is 23.3. The molecule has 0 aliphatic heterocycles. The molecule has 0 saturated carbocycles. The van der Waals surface area contributed by atoms with Crippen LogP contribution in [0.5, 0.6) is 0 Å². The van der Waals surface area contributed by atoms with Crippen LogP contribution in [0.3, 0.4) is 0 Å². The number of nitrogens with zero attached hydrogens (tertiary/aromatic N) is 5. The molecule has 218 valence electrons. The van der Waals surface area contributed by atoms with Crippen LogP contribution in [0, 0.1) is 6.92 Å². The molecule has 0 amide bonds. The van der Waals surface area contributed by atoms with Gasteiger partial charge in [-0.25, -0.2) is 22.9 Å². The molecular weight excluding hydrogens is 573 g/mol. The average molecular weight is 599 g/mol. The molecule has 0 fully saturated rings. The van der Waals surface area contributed by atoms with Crippen molar-refractivity contribution in [1.29, 1.82) is 0 Å². The van der Waals surface area contributed by atoms with Crippen molar-refractivity contribution in [3.05, 3.63) is 94.4 Å². The van der Waals surface area contributed by atoms with E-state index in [-0.39, 0.29) is 39.8 Å². The summed E-state index contributed by atoms with van der Waals surface area (Å²) >= 11 is 0. The van der Waals surface area contributed by atoms with E-state index in [9.17, 15) is 26.4 Å². The Bertz CT molecular complexity index is 1970. The summed E-state index contributed by atoms with van der Waals surface area (Å²) in [6.07, 6.45) is -1.18. The zero-order valence-electron chi connectivity index (χ0n) is 22.5. The van der Waals surface area contributed by atoms with E-state index in [4.69, 9.17) is 5.73 Å². The van der Waals surface area contributed by atoms with Crippen LogP contribution in [0.25, 0.3) is 22.3 Å². The summed E-state index contributed by atoms with van der Waals surface area (Å²) < 4.78 is 70.1. The highest BCUT2D eigenvalue weighted by molar-refractivity contribution is 7.92. The van der Waals surface area contributed by atoms with Crippen molar-refractivity contribution >= 4 is 32.9 Å². The Morgan fingerprint density at radius 2 is 1.76 bits per heavy atom. The normalized spacial score (nSPS) is 12.8. The van der Waals surface area contributed by atoms with E-state index in [1.165, 1.54) is 15.1 Å². The van der Waals surface area contributed by atoms with E-state index in [1.807, 2.05) is 6.07 Å². The first-order valence-corrected chi connectivity index (χ1v) is 14.4. The summed E-state index contributed by atoms with van der Waals surface area (Å²) in [5.74, 6) is 0.160. The van der Waals surface area contributed by atoms with Crippen molar-refractivity contribution in [2.24, 2.45) is 0 Å². The number of benzene rings is 2. The Morgan fingerprint density at radius 3 is 2.43 bits per heavy atom. The molecule has 2 aromatic carbocycles. The molecule has 4 N–H and O–H groups in total. The minimum absolute atomic E-state index is 0.00139. The van der Waals surface area contributed by atoms with Crippen LogP contribution < -0.4 is 21.3 Å². The molecule has 5 rings (SSSR count). The Hall–Kier alpha value is -4.92.